The van der Waals surface area contributed by atoms with Crippen LogP contribution in [0, 0.1) is 5.82 Å². The summed E-state index contributed by atoms with van der Waals surface area (Å²) >= 11 is 0. The summed E-state index contributed by atoms with van der Waals surface area (Å²) in [6.45, 7) is 3.90. The van der Waals surface area contributed by atoms with Crippen molar-refractivity contribution in [3.8, 4) is 5.75 Å². The molecule has 13 heavy (non-hydrogen) atoms. The molecule has 1 nitrogen and oxygen atoms in total. The lowest BCUT2D eigenvalue weighted by molar-refractivity contribution is 0.412. The summed E-state index contributed by atoms with van der Waals surface area (Å²) in [6, 6.07) is 3.11. The van der Waals surface area contributed by atoms with Crippen molar-refractivity contribution in [1.29, 1.82) is 0 Å². The highest BCUT2D eigenvalue weighted by molar-refractivity contribution is 5.75. The predicted octanol–water partition coefficient (Wildman–Crippen LogP) is 2.79. The Morgan fingerprint density at radius 2 is 2.15 bits per heavy atom. The Hall–Kier alpha value is -1.31. The zero-order valence-electron chi connectivity index (χ0n) is 7.56. The predicted molar refractivity (Wildman–Crippen MR) is 50.3 cm³/mol. The van der Waals surface area contributed by atoms with E-state index in [-0.39, 0.29) is 5.82 Å². The Morgan fingerprint density at radius 1 is 1.38 bits per heavy atom. The maximum atomic E-state index is 13.3. The van der Waals surface area contributed by atoms with Crippen molar-refractivity contribution in [2.24, 2.45) is 0 Å². The molecule has 0 bridgehead atoms. The van der Waals surface area contributed by atoms with E-state index in [0.717, 1.165) is 35.3 Å². The number of fused-ring (bicyclic) bond motifs is 1. The van der Waals surface area contributed by atoms with Crippen LogP contribution in [0.25, 0.3) is 5.57 Å². The smallest absolute Gasteiger partial charge is 0.127 e. The molecule has 0 spiro atoms. The summed E-state index contributed by atoms with van der Waals surface area (Å²) in [5.41, 5.74) is 2.61. The number of benzene rings is 1. The molecule has 2 rings (SSSR count). The molecule has 0 radical (unpaired) electrons. The standard InChI is InChI=1S/C11H11FO/c1-7-3-4-8-9(12)5-6-10(13-2)11(7)8/h5-6H,1,3-4H2,2H3. The molecule has 1 aliphatic carbocycles. The highest BCUT2D eigenvalue weighted by atomic mass is 19.1. The SMILES string of the molecule is C=C1CCc2c(F)ccc(OC)c21. The van der Waals surface area contributed by atoms with E-state index < -0.39 is 0 Å². The Morgan fingerprint density at radius 3 is 2.85 bits per heavy atom. The second kappa shape index (κ2) is 2.87. The van der Waals surface area contributed by atoms with Gasteiger partial charge in [0.05, 0.1) is 7.11 Å². The number of ether oxygens (including phenoxy) is 1. The van der Waals surface area contributed by atoms with Crippen LogP contribution in [0.1, 0.15) is 17.5 Å². The summed E-state index contributed by atoms with van der Waals surface area (Å²) in [5, 5.41) is 0. The van der Waals surface area contributed by atoms with Gasteiger partial charge < -0.3 is 4.74 Å². The molecule has 0 fully saturated rings. The number of hydrogen-bond donors (Lipinski definition) is 0. The highest BCUT2D eigenvalue weighted by Gasteiger charge is 2.22. The molecular formula is C11H11FO. The van der Waals surface area contributed by atoms with E-state index in [4.69, 9.17) is 4.74 Å². The molecule has 0 aromatic heterocycles. The first-order valence-corrected chi connectivity index (χ1v) is 4.27. The fourth-order valence-electron chi connectivity index (χ4n) is 1.80. The van der Waals surface area contributed by atoms with Crippen LogP contribution in [0.5, 0.6) is 5.75 Å². The van der Waals surface area contributed by atoms with E-state index in [1.807, 2.05) is 0 Å². The molecule has 0 N–H and O–H groups in total. The van der Waals surface area contributed by atoms with Gasteiger partial charge in [0.2, 0.25) is 0 Å². The number of methoxy groups -OCH3 is 1. The molecule has 0 amide bonds. The lowest BCUT2D eigenvalue weighted by atomic mass is 10.1. The van der Waals surface area contributed by atoms with Crippen LogP contribution in [0.2, 0.25) is 0 Å². The van der Waals surface area contributed by atoms with E-state index in [1.165, 1.54) is 6.07 Å². The maximum Gasteiger partial charge on any atom is 0.127 e. The Labute approximate surface area is 76.8 Å². The molecule has 1 aromatic carbocycles. The second-order valence-electron chi connectivity index (χ2n) is 3.21. The topological polar surface area (TPSA) is 9.23 Å². The lowest BCUT2D eigenvalue weighted by Crippen LogP contribution is -1.93. The zero-order valence-corrected chi connectivity index (χ0v) is 7.56. The largest absolute Gasteiger partial charge is 0.496 e. The van der Waals surface area contributed by atoms with Crippen LogP contribution in [-0.2, 0) is 6.42 Å². The van der Waals surface area contributed by atoms with E-state index in [9.17, 15) is 4.39 Å². The van der Waals surface area contributed by atoms with Crippen molar-refractivity contribution < 1.29 is 9.13 Å². The van der Waals surface area contributed by atoms with Crippen molar-refractivity contribution >= 4 is 5.57 Å². The van der Waals surface area contributed by atoms with Gasteiger partial charge in [0, 0.05) is 5.56 Å². The van der Waals surface area contributed by atoms with E-state index in [2.05, 4.69) is 6.58 Å². The van der Waals surface area contributed by atoms with Crippen molar-refractivity contribution in [1.82, 2.24) is 0 Å². The Bertz CT molecular complexity index is 369. The minimum atomic E-state index is -0.144. The maximum absolute atomic E-state index is 13.3. The Kier molecular flexibility index (Phi) is 1.83. The van der Waals surface area contributed by atoms with Crippen LogP contribution < -0.4 is 4.74 Å². The van der Waals surface area contributed by atoms with Crippen LogP contribution in [0.15, 0.2) is 18.7 Å². The fraction of sp³-hybridized carbons (Fsp3) is 0.273. The van der Waals surface area contributed by atoms with Crippen molar-refractivity contribution in [2.75, 3.05) is 7.11 Å². The van der Waals surface area contributed by atoms with Gasteiger partial charge in [-0.25, -0.2) is 4.39 Å². The third kappa shape index (κ3) is 1.13. The normalized spacial score (nSPS) is 14.5. The van der Waals surface area contributed by atoms with E-state index in [0.29, 0.717) is 0 Å². The molecule has 1 aromatic rings. The fourth-order valence-corrected chi connectivity index (χ4v) is 1.80. The van der Waals surface area contributed by atoms with Crippen LogP contribution in [0.4, 0.5) is 4.39 Å². The molecule has 0 saturated carbocycles. The molecule has 1 aliphatic rings. The highest BCUT2D eigenvalue weighted by Crippen LogP contribution is 2.38. The van der Waals surface area contributed by atoms with Gasteiger partial charge in [-0.1, -0.05) is 6.58 Å². The summed E-state index contributed by atoms with van der Waals surface area (Å²) in [7, 11) is 1.60. The molecule has 2 heteroatoms. The molecule has 0 heterocycles. The Balaban J connectivity index is 2.66. The van der Waals surface area contributed by atoms with Gasteiger partial charge in [0.15, 0.2) is 0 Å². The lowest BCUT2D eigenvalue weighted by Gasteiger charge is -2.07. The summed E-state index contributed by atoms with van der Waals surface area (Å²) in [4.78, 5) is 0. The summed E-state index contributed by atoms with van der Waals surface area (Å²) in [5.74, 6) is 0.591. The third-order valence-electron chi connectivity index (χ3n) is 2.47. The van der Waals surface area contributed by atoms with Gasteiger partial charge >= 0.3 is 0 Å². The average Bonchev–Trinajstić information content (AvgIpc) is 2.51. The van der Waals surface area contributed by atoms with Crippen LogP contribution in [0.3, 0.4) is 0 Å². The minimum absolute atomic E-state index is 0.144. The quantitative estimate of drug-likeness (QED) is 0.642. The van der Waals surface area contributed by atoms with Crippen molar-refractivity contribution in [2.45, 2.75) is 12.8 Å². The molecular weight excluding hydrogens is 167 g/mol. The first kappa shape index (κ1) is 8.30. The van der Waals surface area contributed by atoms with Gasteiger partial charge in [-0.05, 0) is 36.1 Å². The van der Waals surface area contributed by atoms with E-state index >= 15 is 0 Å². The first-order chi connectivity index (χ1) is 6.24. The number of halogens is 1. The van der Waals surface area contributed by atoms with Gasteiger partial charge in [-0.2, -0.15) is 0 Å². The van der Waals surface area contributed by atoms with Gasteiger partial charge in [-0.15, -0.1) is 0 Å². The third-order valence-corrected chi connectivity index (χ3v) is 2.47. The van der Waals surface area contributed by atoms with Gasteiger partial charge in [0.25, 0.3) is 0 Å². The van der Waals surface area contributed by atoms with Crippen LogP contribution in [-0.4, -0.2) is 7.11 Å². The molecule has 68 valence electrons. The average molecular weight is 178 g/mol. The summed E-state index contributed by atoms with van der Waals surface area (Å²) in [6.07, 6.45) is 1.59. The van der Waals surface area contributed by atoms with Crippen molar-refractivity contribution in [3.63, 3.8) is 0 Å². The summed E-state index contributed by atoms with van der Waals surface area (Å²) < 4.78 is 18.4. The molecule has 0 atom stereocenters. The molecule has 0 aliphatic heterocycles. The number of allylic oxidation sites excluding steroid dienone is 1. The van der Waals surface area contributed by atoms with Gasteiger partial charge in [-0.3, -0.25) is 0 Å². The van der Waals surface area contributed by atoms with Crippen molar-refractivity contribution in [3.05, 3.63) is 35.7 Å². The second-order valence-corrected chi connectivity index (χ2v) is 3.21. The minimum Gasteiger partial charge on any atom is -0.496 e. The number of rotatable bonds is 1. The monoisotopic (exact) mass is 178 g/mol. The number of hydrogen-bond acceptors (Lipinski definition) is 1. The zero-order chi connectivity index (χ0) is 9.42. The van der Waals surface area contributed by atoms with Gasteiger partial charge in [0.1, 0.15) is 11.6 Å². The molecule has 0 unspecified atom stereocenters. The van der Waals surface area contributed by atoms with E-state index in [1.54, 1.807) is 13.2 Å². The molecule has 0 saturated heterocycles. The van der Waals surface area contributed by atoms with Crippen LogP contribution >= 0.6 is 0 Å². The first-order valence-electron chi connectivity index (χ1n) is 4.27.